The van der Waals surface area contributed by atoms with E-state index in [9.17, 15) is 4.79 Å². The van der Waals surface area contributed by atoms with Gasteiger partial charge in [-0.05, 0) is 43.2 Å². The summed E-state index contributed by atoms with van der Waals surface area (Å²) in [5.41, 5.74) is 7.45. The summed E-state index contributed by atoms with van der Waals surface area (Å²) in [6.45, 7) is 4.53. The fraction of sp³-hybridized carbons (Fsp3) is 0.333. The molecule has 0 aliphatic heterocycles. The van der Waals surface area contributed by atoms with E-state index in [-0.39, 0.29) is 35.6 Å². The van der Waals surface area contributed by atoms with Crippen molar-refractivity contribution in [1.29, 1.82) is 0 Å². The second-order valence-electron chi connectivity index (χ2n) is 5.31. The molecular formula is C18H25IN4O3. The summed E-state index contributed by atoms with van der Waals surface area (Å²) < 4.78 is 10.3. The first-order valence-electron chi connectivity index (χ1n) is 8.24. The van der Waals surface area contributed by atoms with Gasteiger partial charge in [-0.2, -0.15) is 0 Å². The van der Waals surface area contributed by atoms with Crippen LogP contribution in [0, 0.1) is 0 Å². The number of furan rings is 1. The zero-order valence-corrected chi connectivity index (χ0v) is 17.1. The highest BCUT2D eigenvalue weighted by Gasteiger charge is 2.08. The molecule has 0 atom stereocenters. The third kappa shape index (κ3) is 7.87. The number of nitrogens with two attached hydrogens (primary N) is 1. The van der Waals surface area contributed by atoms with Gasteiger partial charge < -0.3 is 25.5 Å². The van der Waals surface area contributed by atoms with E-state index in [0.29, 0.717) is 31.3 Å². The molecule has 1 aromatic carbocycles. The van der Waals surface area contributed by atoms with E-state index in [4.69, 9.17) is 14.9 Å². The lowest BCUT2D eigenvalue weighted by molar-refractivity contribution is 0.0996. The maximum absolute atomic E-state index is 12.0. The maximum atomic E-state index is 12.0. The molecule has 0 aliphatic carbocycles. The van der Waals surface area contributed by atoms with Crippen molar-refractivity contribution in [2.45, 2.75) is 19.9 Å². The van der Waals surface area contributed by atoms with E-state index in [0.717, 1.165) is 18.6 Å². The minimum absolute atomic E-state index is 0. The summed E-state index contributed by atoms with van der Waals surface area (Å²) in [6, 6.07) is 10.7. The smallest absolute Gasteiger partial charge is 0.291 e. The Labute approximate surface area is 170 Å². The van der Waals surface area contributed by atoms with Crippen molar-refractivity contribution >= 4 is 41.5 Å². The molecule has 0 saturated heterocycles. The maximum Gasteiger partial charge on any atom is 0.291 e. The molecule has 2 aromatic rings. The van der Waals surface area contributed by atoms with Crippen molar-refractivity contribution in [2.24, 2.45) is 10.7 Å². The Bertz CT molecular complexity index is 690. The zero-order valence-electron chi connectivity index (χ0n) is 14.7. The summed E-state index contributed by atoms with van der Waals surface area (Å²) in [4.78, 5) is 16.3. The first kappa shape index (κ1) is 22.0. The Morgan fingerprint density at radius 3 is 2.88 bits per heavy atom. The predicted octanol–water partition coefficient (Wildman–Crippen LogP) is 2.98. The van der Waals surface area contributed by atoms with Crippen LogP contribution in [0.5, 0.6) is 0 Å². The molecule has 26 heavy (non-hydrogen) atoms. The van der Waals surface area contributed by atoms with Crippen LogP contribution in [-0.4, -0.2) is 31.6 Å². The molecule has 0 saturated carbocycles. The number of halogens is 1. The molecule has 0 fully saturated rings. The molecule has 0 bridgehead atoms. The number of rotatable bonds is 9. The van der Waals surface area contributed by atoms with Crippen LogP contribution in [0.3, 0.4) is 0 Å². The Hall–Kier alpha value is -2.07. The lowest BCUT2D eigenvalue weighted by Gasteiger charge is -2.07. The van der Waals surface area contributed by atoms with Crippen LogP contribution in [-0.2, 0) is 11.3 Å². The number of carbonyl (C=O) groups is 1. The normalized spacial score (nSPS) is 10.9. The van der Waals surface area contributed by atoms with Crippen LogP contribution in [0.15, 0.2) is 52.1 Å². The van der Waals surface area contributed by atoms with Gasteiger partial charge in [0.1, 0.15) is 0 Å². The molecular weight excluding hydrogens is 447 g/mol. The number of guanidine groups is 1. The Morgan fingerprint density at radius 2 is 2.15 bits per heavy atom. The van der Waals surface area contributed by atoms with Crippen molar-refractivity contribution in [3.8, 4) is 0 Å². The first-order chi connectivity index (χ1) is 12.2. The van der Waals surface area contributed by atoms with Gasteiger partial charge in [0, 0.05) is 25.4 Å². The average Bonchev–Trinajstić information content (AvgIpc) is 3.15. The third-order valence-electron chi connectivity index (χ3n) is 3.34. The SMILES string of the molecule is CCOCCCNC(N)=NCc1cccc(NC(=O)c2ccco2)c1.I. The van der Waals surface area contributed by atoms with E-state index < -0.39 is 0 Å². The molecule has 1 heterocycles. The largest absolute Gasteiger partial charge is 0.459 e. The first-order valence-corrected chi connectivity index (χ1v) is 8.24. The number of amides is 1. The fourth-order valence-electron chi connectivity index (χ4n) is 2.12. The van der Waals surface area contributed by atoms with Crippen molar-refractivity contribution in [1.82, 2.24) is 5.32 Å². The monoisotopic (exact) mass is 472 g/mol. The van der Waals surface area contributed by atoms with Crippen molar-refractivity contribution in [3.05, 3.63) is 54.0 Å². The van der Waals surface area contributed by atoms with Gasteiger partial charge in [0.2, 0.25) is 0 Å². The van der Waals surface area contributed by atoms with E-state index in [2.05, 4.69) is 15.6 Å². The number of carbonyl (C=O) groups excluding carboxylic acids is 1. The number of hydrogen-bond acceptors (Lipinski definition) is 4. The van der Waals surface area contributed by atoms with Crippen molar-refractivity contribution in [2.75, 3.05) is 25.1 Å². The van der Waals surface area contributed by atoms with Crippen LogP contribution < -0.4 is 16.4 Å². The van der Waals surface area contributed by atoms with Crippen LogP contribution in [0.1, 0.15) is 29.5 Å². The Kier molecular flexibility index (Phi) is 10.4. The molecule has 1 amide bonds. The van der Waals surface area contributed by atoms with Crippen LogP contribution in [0.4, 0.5) is 5.69 Å². The summed E-state index contributed by atoms with van der Waals surface area (Å²) in [6.07, 6.45) is 2.34. The van der Waals surface area contributed by atoms with Gasteiger partial charge in [-0.25, -0.2) is 4.99 Å². The van der Waals surface area contributed by atoms with E-state index in [1.807, 2.05) is 31.2 Å². The summed E-state index contributed by atoms with van der Waals surface area (Å²) in [7, 11) is 0. The standard InChI is InChI=1S/C18H24N4O3.HI/c1-2-24-10-5-9-20-18(19)21-13-14-6-3-7-15(12-14)22-17(23)16-8-4-11-25-16;/h3-4,6-8,11-12H,2,5,9-10,13H2,1H3,(H,22,23)(H3,19,20,21);1H. The van der Waals surface area contributed by atoms with Crippen LogP contribution in [0.2, 0.25) is 0 Å². The van der Waals surface area contributed by atoms with E-state index in [1.54, 1.807) is 12.1 Å². The number of ether oxygens (including phenoxy) is 1. The van der Waals surface area contributed by atoms with Gasteiger partial charge >= 0.3 is 0 Å². The Morgan fingerprint density at radius 1 is 1.31 bits per heavy atom. The highest BCUT2D eigenvalue weighted by molar-refractivity contribution is 14.0. The second-order valence-corrected chi connectivity index (χ2v) is 5.31. The van der Waals surface area contributed by atoms with Gasteiger partial charge in [0.15, 0.2) is 11.7 Å². The van der Waals surface area contributed by atoms with Gasteiger partial charge in [0.25, 0.3) is 5.91 Å². The molecule has 1 aromatic heterocycles. The third-order valence-corrected chi connectivity index (χ3v) is 3.34. The molecule has 7 nitrogen and oxygen atoms in total. The van der Waals surface area contributed by atoms with Gasteiger partial charge in [0.05, 0.1) is 12.8 Å². The fourth-order valence-corrected chi connectivity index (χ4v) is 2.12. The number of hydrogen-bond donors (Lipinski definition) is 3. The van der Waals surface area contributed by atoms with Gasteiger partial charge in [-0.1, -0.05) is 12.1 Å². The van der Waals surface area contributed by atoms with Crippen LogP contribution in [0.25, 0.3) is 0 Å². The zero-order chi connectivity index (χ0) is 17.9. The highest BCUT2D eigenvalue weighted by Crippen LogP contribution is 2.13. The molecule has 0 spiro atoms. The minimum atomic E-state index is -0.291. The molecule has 8 heteroatoms. The average molecular weight is 472 g/mol. The second kappa shape index (κ2) is 12.3. The molecule has 2 rings (SSSR count). The summed E-state index contributed by atoms with van der Waals surface area (Å²) >= 11 is 0. The quantitative estimate of drug-likeness (QED) is 0.226. The van der Waals surface area contributed by atoms with Gasteiger partial charge in [-0.15, -0.1) is 24.0 Å². The number of benzene rings is 1. The van der Waals surface area contributed by atoms with Gasteiger partial charge in [-0.3, -0.25) is 4.79 Å². The molecule has 0 aliphatic rings. The lowest BCUT2D eigenvalue weighted by Crippen LogP contribution is -2.32. The molecule has 4 N–H and O–H groups in total. The lowest BCUT2D eigenvalue weighted by atomic mass is 10.2. The number of nitrogens with zero attached hydrogens (tertiary/aromatic N) is 1. The topological polar surface area (TPSA) is 102 Å². The number of aliphatic imine (C=N–C) groups is 1. The number of anilines is 1. The molecule has 0 unspecified atom stereocenters. The predicted molar refractivity (Wildman–Crippen MR) is 113 cm³/mol. The summed E-state index contributed by atoms with van der Waals surface area (Å²) in [5.74, 6) is 0.367. The van der Waals surface area contributed by atoms with E-state index in [1.165, 1.54) is 6.26 Å². The van der Waals surface area contributed by atoms with Crippen LogP contribution >= 0.6 is 24.0 Å². The summed E-state index contributed by atoms with van der Waals surface area (Å²) in [5, 5.41) is 5.83. The van der Waals surface area contributed by atoms with Crippen molar-refractivity contribution < 1.29 is 13.9 Å². The number of nitrogens with one attached hydrogen (secondary N) is 2. The van der Waals surface area contributed by atoms with Crippen molar-refractivity contribution in [3.63, 3.8) is 0 Å². The molecule has 142 valence electrons. The Balaban J connectivity index is 0.00000338. The highest BCUT2D eigenvalue weighted by atomic mass is 127. The van der Waals surface area contributed by atoms with E-state index >= 15 is 0 Å². The molecule has 0 radical (unpaired) electrons. The minimum Gasteiger partial charge on any atom is -0.459 e.